The summed E-state index contributed by atoms with van der Waals surface area (Å²) in [6, 6.07) is 21.9. The largest absolute Gasteiger partial charge is 0.508 e. The van der Waals surface area contributed by atoms with E-state index in [4.69, 9.17) is 14.2 Å². The Morgan fingerprint density at radius 1 is 1.00 bits per heavy atom. The van der Waals surface area contributed by atoms with Crippen molar-refractivity contribution >= 4 is 23.6 Å². The first-order valence-corrected chi connectivity index (χ1v) is 15.5. The van der Waals surface area contributed by atoms with Crippen molar-refractivity contribution < 1.29 is 34.0 Å². The SMILES string of the molecule is CC(=O)OC(C)C(=O)NCc1ccc(C2OC(CSc3nnnn3-c3ccc(O)cc3)C(C)C(c3ccc(CO)cc3)O2)cc1. The summed E-state index contributed by atoms with van der Waals surface area (Å²) in [7, 11) is 0. The summed E-state index contributed by atoms with van der Waals surface area (Å²) in [6.07, 6.45) is -2.09. The number of aromatic hydroxyl groups is 1. The number of phenolic OH excluding ortho intramolecular Hbond substituents is 1. The van der Waals surface area contributed by atoms with E-state index < -0.39 is 18.4 Å². The second-order valence-corrected chi connectivity index (χ2v) is 11.7. The van der Waals surface area contributed by atoms with Crippen LogP contribution < -0.4 is 5.32 Å². The number of esters is 1. The molecule has 45 heavy (non-hydrogen) atoms. The van der Waals surface area contributed by atoms with Gasteiger partial charge in [0.1, 0.15) is 5.75 Å². The number of ether oxygens (including phenoxy) is 3. The molecule has 236 valence electrons. The van der Waals surface area contributed by atoms with Crippen LogP contribution in [0.3, 0.4) is 0 Å². The molecule has 12 nitrogen and oxygen atoms in total. The molecule has 13 heteroatoms. The van der Waals surface area contributed by atoms with Crippen LogP contribution in [0.5, 0.6) is 5.75 Å². The predicted octanol–water partition coefficient (Wildman–Crippen LogP) is 4.01. The summed E-state index contributed by atoms with van der Waals surface area (Å²) < 4.78 is 19.6. The van der Waals surface area contributed by atoms with Gasteiger partial charge in [-0.05, 0) is 58.3 Å². The Morgan fingerprint density at radius 3 is 2.33 bits per heavy atom. The van der Waals surface area contributed by atoms with E-state index in [1.54, 1.807) is 28.9 Å². The smallest absolute Gasteiger partial charge is 0.303 e. The van der Waals surface area contributed by atoms with Crippen molar-refractivity contribution in [3.63, 3.8) is 0 Å². The number of aliphatic hydroxyl groups is 1. The molecule has 1 aliphatic heterocycles. The zero-order valence-corrected chi connectivity index (χ0v) is 25.9. The summed E-state index contributed by atoms with van der Waals surface area (Å²) in [5.74, 6) is -0.246. The fourth-order valence-corrected chi connectivity index (χ4v) is 5.97. The summed E-state index contributed by atoms with van der Waals surface area (Å²) >= 11 is 1.46. The number of phenols is 1. The van der Waals surface area contributed by atoms with Crippen LogP contribution in [0.2, 0.25) is 0 Å². The molecule has 5 rings (SSSR count). The van der Waals surface area contributed by atoms with Crippen LogP contribution in [0.25, 0.3) is 5.69 Å². The van der Waals surface area contributed by atoms with Crippen molar-refractivity contribution in [2.75, 3.05) is 5.75 Å². The number of hydrogen-bond donors (Lipinski definition) is 3. The molecule has 1 amide bonds. The molecule has 5 unspecified atom stereocenters. The fourth-order valence-electron chi connectivity index (χ4n) is 4.92. The molecule has 0 radical (unpaired) electrons. The summed E-state index contributed by atoms with van der Waals surface area (Å²) in [6.45, 7) is 5.09. The van der Waals surface area contributed by atoms with Crippen LogP contribution in [-0.4, -0.2) is 60.3 Å². The van der Waals surface area contributed by atoms with Gasteiger partial charge in [-0.1, -0.05) is 67.2 Å². The van der Waals surface area contributed by atoms with E-state index in [1.807, 2.05) is 48.5 Å². The maximum absolute atomic E-state index is 12.2. The third-order valence-corrected chi connectivity index (χ3v) is 8.47. The highest BCUT2D eigenvalue weighted by Crippen LogP contribution is 2.43. The van der Waals surface area contributed by atoms with Crippen molar-refractivity contribution in [1.82, 2.24) is 25.5 Å². The highest BCUT2D eigenvalue weighted by molar-refractivity contribution is 7.99. The van der Waals surface area contributed by atoms with Crippen molar-refractivity contribution in [1.29, 1.82) is 0 Å². The van der Waals surface area contributed by atoms with Gasteiger partial charge in [-0.25, -0.2) is 0 Å². The number of benzene rings is 3. The fraction of sp³-hybridized carbons (Fsp3) is 0.344. The average Bonchev–Trinajstić information content (AvgIpc) is 3.52. The molecular formula is C32H35N5O7S. The molecule has 5 atom stereocenters. The number of carbonyl (C=O) groups excluding carboxylic acids is 2. The number of carbonyl (C=O) groups is 2. The molecule has 3 N–H and O–H groups in total. The molecule has 1 aliphatic rings. The highest BCUT2D eigenvalue weighted by atomic mass is 32.2. The van der Waals surface area contributed by atoms with E-state index in [0.717, 1.165) is 27.9 Å². The van der Waals surface area contributed by atoms with Crippen LogP contribution in [0.1, 0.15) is 55.4 Å². The first-order chi connectivity index (χ1) is 21.7. The lowest BCUT2D eigenvalue weighted by Crippen LogP contribution is -2.38. The average molecular weight is 634 g/mol. The molecule has 3 aromatic carbocycles. The molecule has 4 aromatic rings. The second-order valence-electron chi connectivity index (χ2n) is 10.7. The molecule has 0 bridgehead atoms. The molecule has 0 aliphatic carbocycles. The molecule has 1 aromatic heterocycles. The quantitative estimate of drug-likeness (QED) is 0.162. The first kappa shape index (κ1) is 32.1. The summed E-state index contributed by atoms with van der Waals surface area (Å²) in [5, 5.41) is 34.7. The summed E-state index contributed by atoms with van der Waals surface area (Å²) in [4.78, 5) is 23.4. The van der Waals surface area contributed by atoms with Crippen LogP contribution in [0, 0.1) is 5.92 Å². The maximum Gasteiger partial charge on any atom is 0.303 e. The van der Waals surface area contributed by atoms with E-state index >= 15 is 0 Å². The minimum atomic E-state index is -0.878. The Bertz CT molecular complexity index is 1580. The lowest BCUT2D eigenvalue weighted by Gasteiger charge is -2.41. The van der Waals surface area contributed by atoms with Gasteiger partial charge >= 0.3 is 5.97 Å². The van der Waals surface area contributed by atoms with E-state index in [0.29, 0.717) is 10.9 Å². The van der Waals surface area contributed by atoms with E-state index in [9.17, 15) is 19.8 Å². The molecular weight excluding hydrogens is 598 g/mol. The number of rotatable bonds is 11. The Balaban J connectivity index is 1.32. The molecule has 0 saturated carbocycles. The third-order valence-electron chi connectivity index (χ3n) is 7.47. The van der Waals surface area contributed by atoms with E-state index in [2.05, 4.69) is 27.8 Å². The van der Waals surface area contributed by atoms with Gasteiger partial charge in [0.05, 0.1) is 24.5 Å². The molecule has 2 heterocycles. The molecule has 1 fully saturated rings. The number of nitrogens with zero attached hydrogens (tertiary/aromatic N) is 4. The zero-order valence-electron chi connectivity index (χ0n) is 25.1. The Labute approximate surface area is 264 Å². The van der Waals surface area contributed by atoms with Crippen molar-refractivity contribution in [3.8, 4) is 11.4 Å². The van der Waals surface area contributed by atoms with Gasteiger partial charge in [-0.3, -0.25) is 9.59 Å². The number of hydrogen-bond acceptors (Lipinski definition) is 11. The van der Waals surface area contributed by atoms with Crippen LogP contribution in [-0.2, 0) is 37.0 Å². The Morgan fingerprint density at radius 2 is 1.67 bits per heavy atom. The molecule has 0 spiro atoms. The number of amides is 1. The number of tetrazole rings is 1. The topological polar surface area (TPSA) is 158 Å². The molecule has 1 saturated heterocycles. The Kier molecular flexibility index (Phi) is 10.5. The van der Waals surface area contributed by atoms with E-state index in [-0.39, 0.29) is 42.9 Å². The van der Waals surface area contributed by atoms with Gasteiger partial charge in [-0.15, -0.1) is 5.10 Å². The van der Waals surface area contributed by atoms with Gasteiger partial charge in [0.25, 0.3) is 5.91 Å². The summed E-state index contributed by atoms with van der Waals surface area (Å²) in [5.41, 5.74) is 4.17. The number of aromatic nitrogens is 4. The van der Waals surface area contributed by atoms with Crippen molar-refractivity contribution in [2.45, 2.75) is 63.7 Å². The lowest BCUT2D eigenvalue weighted by molar-refractivity contribution is -0.268. The van der Waals surface area contributed by atoms with Gasteiger partial charge in [-0.2, -0.15) is 4.68 Å². The number of thioether (sulfide) groups is 1. The van der Waals surface area contributed by atoms with Crippen LogP contribution in [0.4, 0.5) is 0 Å². The van der Waals surface area contributed by atoms with Gasteiger partial charge in [0, 0.05) is 30.7 Å². The van der Waals surface area contributed by atoms with Crippen molar-refractivity contribution in [3.05, 3.63) is 95.1 Å². The second kappa shape index (κ2) is 14.7. The van der Waals surface area contributed by atoms with E-state index in [1.165, 1.54) is 25.6 Å². The highest BCUT2D eigenvalue weighted by Gasteiger charge is 2.38. The standard InChI is InChI=1S/C32H35N5O7S/c1-19-28(18-45-32-34-35-36-37(32)26-12-14-27(40)15-13-26)43-31(44-29(19)24-8-6-23(17-38)7-9-24)25-10-4-22(5-11-25)16-33-30(41)20(2)42-21(3)39/h4-15,19-20,28-29,31,38,40H,16-18H2,1-3H3,(H,33,41). The predicted molar refractivity (Wildman–Crippen MR) is 164 cm³/mol. The normalized spacial score (nSPS) is 20.4. The van der Waals surface area contributed by atoms with Crippen molar-refractivity contribution in [2.24, 2.45) is 5.92 Å². The van der Waals surface area contributed by atoms with Crippen LogP contribution in [0.15, 0.2) is 78.0 Å². The number of nitrogens with one attached hydrogen (secondary N) is 1. The lowest BCUT2D eigenvalue weighted by atomic mass is 9.91. The first-order valence-electron chi connectivity index (χ1n) is 14.5. The Hall–Kier alpha value is -4.30. The minimum Gasteiger partial charge on any atom is -0.508 e. The maximum atomic E-state index is 12.2. The van der Waals surface area contributed by atoms with Gasteiger partial charge in [0.15, 0.2) is 12.4 Å². The van der Waals surface area contributed by atoms with Gasteiger partial charge < -0.3 is 29.7 Å². The number of aliphatic hydroxyl groups excluding tert-OH is 1. The zero-order chi connectivity index (χ0) is 31.9. The third kappa shape index (κ3) is 8.05. The van der Waals surface area contributed by atoms with Crippen LogP contribution >= 0.6 is 11.8 Å². The van der Waals surface area contributed by atoms with Gasteiger partial charge in [0.2, 0.25) is 5.16 Å². The monoisotopic (exact) mass is 633 g/mol. The minimum absolute atomic E-state index is 0.0413.